The third-order valence-electron chi connectivity index (χ3n) is 1.82. The monoisotopic (exact) mass is 236 g/mol. The summed E-state index contributed by atoms with van der Waals surface area (Å²) in [6.45, 7) is 1.34. The number of hydrogen-bond acceptors (Lipinski definition) is 3. The zero-order chi connectivity index (χ0) is 12.1. The minimum absolute atomic E-state index is 0.00685. The summed E-state index contributed by atoms with van der Waals surface area (Å²) in [6, 6.07) is 7.68. The van der Waals surface area contributed by atoms with Crippen molar-refractivity contribution < 1.29 is 9.50 Å². The molecule has 16 heavy (non-hydrogen) atoms. The number of hydrogen-bond donors (Lipinski definition) is 2. The summed E-state index contributed by atoms with van der Waals surface area (Å²) in [5.41, 5.74) is 0.0970. The zero-order valence-electron chi connectivity index (χ0n) is 8.49. The average molecular weight is 236 g/mol. The number of para-hydroxylation sites is 1. The molecule has 0 aliphatic carbocycles. The first-order chi connectivity index (χ1) is 7.56. The number of rotatable bonds is 2. The van der Waals surface area contributed by atoms with E-state index < -0.39 is 5.82 Å². The highest BCUT2D eigenvalue weighted by molar-refractivity contribution is 7.81. The van der Waals surface area contributed by atoms with Crippen molar-refractivity contribution in [2.24, 2.45) is 0 Å². The Morgan fingerprint density at radius 2 is 2.12 bits per heavy atom. The molecule has 0 aliphatic heterocycles. The van der Waals surface area contributed by atoms with Gasteiger partial charge in [0.2, 0.25) is 0 Å². The van der Waals surface area contributed by atoms with Crippen LogP contribution in [0.4, 0.5) is 10.1 Å². The van der Waals surface area contributed by atoms with Gasteiger partial charge in [-0.3, -0.25) is 0 Å². The molecule has 0 saturated carbocycles. The molecule has 0 radical (unpaired) electrons. The number of nitrogens with zero attached hydrogens (tertiary/aromatic N) is 1. The van der Waals surface area contributed by atoms with Gasteiger partial charge in [-0.2, -0.15) is 5.26 Å². The molecule has 0 heterocycles. The number of benzene rings is 1. The lowest BCUT2D eigenvalue weighted by molar-refractivity contribution is 0.412. The minimum Gasteiger partial charge on any atom is -0.511 e. The Balaban J connectivity index is 2.93. The Kier molecular flexibility index (Phi) is 3.97. The molecule has 1 rings (SSSR count). The summed E-state index contributed by atoms with van der Waals surface area (Å²) in [4.78, 5) is -0.00685. The van der Waals surface area contributed by atoms with Gasteiger partial charge in [0, 0.05) is 0 Å². The SMILES string of the molecule is C/C(O)=C(\C#N)C(=S)Nc1ccccc1F. The molecule has 0 fully saturated rings. The van der Waals surface area contributed by atoms with Gasteiger partial charge in [-0.05, 0) is 19.1 Å². The van der Waals surface area contributed by atoms with Crippen LogP contribution in [0.3, 0.4) is 0 Å². The molecule has 0 unspecified atom stereocenters. The number of anilines is 1. The highest BCUT2D eigenvalue weighted by Crippen LogP contribution is 2.14. The largest absolute Gasteiger partial charge is 0.511 e. The Morgan fingerprint density at radius 1 is 1.50 bits per heavy atom. The molecule has 0 amide bonds. The molecular weight excluding hydrogens is 227 g/mol. The number of allylic oxidation sites excluding steroid dienone is 1. The second-order valence-electron chi connectivity index (χ2n) is 3.01. The number of nitrogens with one attached hydrogen (secondary N) is 1. The fraction of sp³-hybridized carbons (Fsp3) is 0.0909. The first kappa shape index (κ1) is 12.1. The highest BCUT2D eigenvalue weighted by Gasteiger charge is 2.10. The molecular formula is C11H9FN2OS. The van der Waals surface area contributed by atoms with Crippen LogP contribution < -0.4 is 5.32 Å². The first-order valence-electron chi connectivity index (χ1n) is 4.42. The van der Waals surface area contributed by atoms with Gasteiger partial charge in [0.05, 0.1) is 5.69 Å². The summed E-state index contributed by atoms with van der Waals surface area (Å²) in [5.74, 6) is -0.672. The van der Waals surface area contributed by atoms with E-state index in [-0.39, 0.29) is 22.0 Å². The van der Waals surface area contributed by atoms with Crippen LogP contribution in [0.1, 0.15) is 6.92 Å². The van der Waals surface area contributed by atoms with E-state index in [1.54, 1.807) is 18.2 Å². The molecule has 1 aromatic rings. The van der Waals surface area contributed by atoms with Gasteiger partial charge >= 0.3 is 0 Å². The number of nitriles is 1. The third-order valence-corrected chi connectivity index (χ3v) is 2.13. The van der Waals surface area contributed by atoms with Crippen LogP contribution in [0.15, 0.2) is 35.6 Å². The van der Waals surface area contributed by atoms with Crippen LogP contribution >= 0.6 is 12.2 Å². The Hall–Kier alpha value is -1.93. The molecule has 2 N–H and O–H groups in total. The first-order valence-corrected chi connectivity index (χ1v) is 4.83. The Bertz CT molecular complexity index is 487. The van der Waals surface area contributed by atoms with Crippen molar-refractivity contribution in [3.63, 3.8) is 0 Å². The van der Waals surface area contributed by atoms with Crippen LogP contribution in [0.5, 0.6) is 0 Å². The van der Waals surface area contributed by atoms with Gasteiger partial charge in [-0.1, -0.05) is 24.4 Å². The topological polar surface area (TPSA) is 56.0 Å². The lowest BCUT2D eigenvalue weighted by Gasteiger charge is -2.07. The maximum atomic E-state index is 13.2. The Morgan fingerprint density at radius 3 is 2.62 bits per heavy atom. The molecule has 0 aliphatic rings. The van der Waals surface area contributed by atoms with E-state index >= 15 is 0 Å². The average Bonchev–Trinajstić information content (AvgIpc) is 2.22. The van der Waals surface area contributed by atoms with Crippen molar-refractivity contribution in [2.45, 2.75) is 6.92 Å². The fourth-order valence-electron chi connectivity index (χ4n) is 1.04. The molecule has 1 aromatic carbocycles. The van der Waals surface area contributed by atoms with Crippen molar-refractivity contribution >= 4 is 22.9 Å². The molecule has 0 aromatic heterocycles. The maximum Gasteiger partial charge on any atom is 0.146 e. The predicted molar refractivity (Wildman–Crippen MR) is 63.6 cm³/mol. The van der Waals surface area contributed by atoms with Gasteiger partial charge < -0.3 is 10.4 Å². The van der Waals surface area contributed by atoms with E-state index in [0.717, 1.165) is 0 Å². The maximum absolute atomic E-state index is 13.2. The van der Waals surface area contributed by atoms with Crippen molar-refractivity contribution in [1.29, 1.82) is 5.26 Å². The number of thiocarbonyl (C=S) groups is 1. The zero-order valence-corrected chi connectivity index (χ0v) is 9.31. The van der Waals surface area contributed by atoms with Crippen molar-refractivity contribution in [2.75, 3.05) is 5.32 Å². The molecule has 82 valence electrons. The normalized spacial score (nSPS) is 11.3. The lowest BCUT2D eigenvalue weighted by Crippen LogP contribution is -2.13. The van der Waals surface area contributed by atoms with Crippen molar-refractivity contribution in [1.82, 2.24) is 0 Å². The van der Waals surface area contributed by atoms with Gasteiger partial charge in [0.25, 0.3) is 0 Å². The molecule has 0 saturated heterocycles. The van der Waals surface area contributed by atoms with Crippen LogP contribution in [-0.4, -0.2) is 10.1 Å². The molecule has 5 heteroatoms. The summed E-state index contributed by atoms with van der Waals surface area (Å²) in [7, 11) is 0. The van der Waals surface area contributed by atoms with E-state index in [9.17, 15) is 4.39 Å². The molecule has 3 nitrogen and oxygen atoms in total. The Labute approximate surface area is 97.8 Å². The van der Waals surface area contributed by atoms with Crippen LogP contribution in [0, 0.1) is 17.1 Å². The number of aliphatic hydroxyl groups excluding tert-OH is 1. The predicted octanol–water partition coefficient (Wildman–Crippen LogP) is 2.92. The quantitative estimate of drug-likeness (QED) is 0.359. The van der Waals surface area contributed by atoms with Crippen LogP contribution in [-0.2, 0) is 0 Å². The van der Waals surface area contributed by atoms with E-state index in [0.29, 0.717) is 0 Å². The highest BCUT2D eigenvalue weighted by atomic mass is 32.1. The van der Waals surface area contributed by atoms with E-state index in [1.807, 2.05) is 0 Å². The van der Waals surface area contributed by atoms with Gasteiger partial charge in [0.1, 0.15) is 28.2 Å². The van der Waals surface area contributed by atoms with Crippen molar-refractivity contribution in [3.05, 3.63) is 41.4 Å². The van der Waals surface area contributed by atoms with Crippen molar-refractivity contribution in [3.8, 4) is 6.07 Å². The van der Waals surface area contributed by atoms with E-state index in [1.165, 1.54) is 19.1 Å². The van der Waals surface area contributed by atoms with Gasteiger partial charge in [0.15, 0.2) is 0 Å². The standard InChI is InChI=1S/C11H9FN2OS/c1-7(15)8(6-13)11(16)14-10-5-3-2-4-9(10)12/h2-5,15H,1H3,(H,14,16)/b8-7-. The minimum atomic E-state index is -0.474. The van der Waals surface area contributed by atoms with Gasteiger partial charge in [-0.25, -0.2) is 4.39 Å². The second kappa shape index (κ2) is 5.24. The summed E-state index contributed by atoms with van der Waals surface area (Å²) in [5, 5.41) is 20.4. The summed E-state index contributed by atoms with van der Waals surface area (Å²) in [6.07, 6.45) is 0. The van der Waals surface area contributed by atoms with E-state index in [2.05, 4.69) is 5.32 Å². The lowest BCUT2D eigenvalue weighted by atomic mass is 10.2. The molecule has 0 spiro atoms. The van der Waals surface area contributed by atoms with Crippen LogP contribution in [0.25, 0.3) is 0 Å². The number of aliphatic hydroxyl groups is 1. The number of halogens is 1. The summed E-state index contributed by atoms with van der Waals surface area (Å²) < 4.78 is 13.2. The van der Waals surface area contributed by atoms with Gasteiger partial charge in [-0.15, -0.1) is 0 Å². The summed E-state index contributed by atoms with van der Waals surface area (Å²) >= 11 is 4.87. The third kappa shape index (κ3) is 2.78. The van der Waals surface area contributed by atoms with Crippen LogP contribution in [0.2, 0.25) is 0 Å². The van der Waals surface area contributed by atoms with E-state index in [4.69, 9.17) is 22.6 Å². The second-order valence-corrected chi connectivity index (χ2v) is 3.41. The molecule has 0 bridgehead atoms. The fourth-order valence-corrected chi connectivity index (χ4v) is 1.35. The smallest absolute Gasteiger partial charge is 0.146 e. The molecule has 0 atom stereocenters.